The first-order valence-corrected chi connectivity index (χ1v) is 5.64. The quantitative estimate of drug-likeness (QED) is 0.769. The molecule has 90 valence electrons. The molecular weight excluding hydrogens is 247 g/mol. The predicted octanol–water partition coefficient (Wildman–Crippen LogP) is 1.58. The average Bonchev–Trinajstić information content (AvgIpc) is 2.16. The highest BCUT2D eigenvalue weighted by Gasteiger charge is 2.32. The summed E-state index contributed by atoms with van der Waals surface area (Å²) in [6.45, 7) is 0. The second-order valence-corrected chi connectivity index (χ2v) is 4.62. The maximum Gasteiger partial charge on any atom is 0.433 e. The Hall–Kier alpha value is -1.15. The van der Waals surface area contributed by atoms with Crippen LogP contribution >= 0.6 is 0 Å². The zero-order valence-corrected chi connectivity index (χ0v) is 8.97. The molecular formula is C8H8F3NO3S. The topological polar surface area (TPSA) is 56.3 Å². The van der Waals surface area contributed by atoms with Crippen LogP contribution in [0.5, 0.6) is 0 Å². The zero-order valence-electron chi connectivity index (χ0n) is 8.15. The SMILES string of the molecule is COS(=O)(=O)Cc1cccc(C(F)(F)F)n1. The summed E-state index contributed by atoms with van der Waals surface area (Å²) in [5.74, 6) is -0.687. The number of alkyl halides is 3. The van der Waals surface area contributed by atoms with E-state index in [1.165, 1.54) is 6.07 Å². The predicted molar refractivity (Wildman–Crippen MR) is 48.9 cm³/mol. The van der Waals surface area contributed by atoms with Crippen LogP contribution in [0.15, 0.2) is 18.2 Å². The first-order valence-electron chi connectivity index (χ1n) is 4.06. The van der Waals surface area contributed by atoms with Crippen LogP contribution in [0.1, 0.15) is 11.4 Å². The molecule has 8 heteroatoms. The maximum atomic E-state index is 12.2. The van der Waals surface area contributed by atoms with E-state index in [0.717, 1.165) is 19.2 Å². The Morgan fingerprint density at radius 1 is 1.38 bits per heavy atom. The highest BCUT2D eigenvalue weighted by molar-refractivity contribution is 7.85. The number of hydrogen-bond acceptors (Lipinski definition) is 4. The molecule has 0 saturated heterocycles. The van der Waals surface area contributed by atoms with Gasteiger partial charge in [0.1, 0.15) is 11.4 Å². The second kappa shape index (κ2) is 4.38. The van der Waals surface area contributed by atoms with E-state index in [-0.39, 0.29) is 5.69 Å². The monoisotopic (exact) mass is 255 g/mol. The summed E-state index contributed by atoms with van der Waals surface area (Å²) in [7, 11) is -2.93. The molecule has 1 aromatic rings. The summed E-state index contributed by atoms with van der Waals surface area (Å²) < 4.78 is 62.8. The number of halogens is 3. The van der Waals surface area contributed by atoms with Crippen LogP contribution < -0.4 is 0 Å². The molecule has 0 aliphatic carbocycles. The van der Waals surface area contributed by atoms with Crippen LogP contribution in [0, 0.1) is 0 Å². The highest BCUT2D eigenvalue weighted by atomic mass is 32.2. The van der Waals surface area contributed by atoms with E-state index in [0.29, 0.717) is 0 Å². The fraction of sp³-hybridized carbons (Fsp3) is 0.375. The Morgan fingerprint density at radius 2 is 2.00 bits per heavy atom. The lowest BCUT2D eigenvalue weighted by Gasteiger charge is -2.07. The molecule has 0 atom stereocenters. The van der Waals surface area contributed by atoms with Gasteiger partial charge in [-0.25, -0.2) is 4.98 Å². The third kappa shape index (κ3) is 3.46. The van der Waals surface area contributed by atoms with E-state index in [4.69, 9.17) is 0 Å². The minimum Gasteiger partial charge on any atom is -0.273 e. The summed E-state index contributed by atoms with van der Waals surface area (Å²) in [4.78, 5) is 3.19. The number of rotatable bonds is 3. The van der Waals surface area contributed by atoms with Crippen LogP contribution in [0.25, 0.3) is 0 Å². The normalized spacial score (nSPS) is 12.8. The average molecular weight is 255 g/mol. The molecule has 1 rings (SSSR count). The van der Waals surface area contributed by atoms with Gasteiger partial charge in [-0.05, 0) is 12.1 Å². The lowest BCUT2D eigenvalue weighted by molar-refractivity contribution is -0.141. The molecule has 16 heavy (non-hydrogen) atoms. The summed E-state index contributed by atoms with van der Waals surface area (Å²) in [5.41, 5.74) is -1.34. The highest BCUT2D eigenvalue weighted by Crippen LogP contribution is 2.27. The van der Waals surface area contributed by atoms with Gasteiger partial charge in [-0.3, -0.25) is 4.18 Å². The molecule has 0 amide bonds. The van der Waals surface area contributed by atoms with Crippen LogP contribution in [0.3, 0.4) is 0 Å². The minimum absolute atomic E-state index is 0.211. The molecule has 1 heterocycles. The Kier molecular flexibility index (Phi) is 3.54. The molecule has 0 unspecified atom stereocenters. The fourth-order valence-electron chi connectivity index (χ4n) is 0.958. The summed E-state index contributed by atoms with van der Waals surface area (Å²) >= 11 is 0. The lowest BCUT2D eigenvalue weighted by atomic mass is 10.3. The van der Waals surface area contributed by atoms with Gasteiger partial charge in [-0.15, -0.1) is 0 Å². The van der Waals surface area contributed by atoms with E-state index in [1.807, 2.05) is 0 Å². The molecule has 4 nitrogen and oxygen atoms in total. The molecule has 0 aromatic carbocycles. The van der Waals surface area contributed by atoms with Crippen LogP contribution in [0.4, 0.5) is 13.2 Å². The smallest absolute Gasteiger partial charge is 0.273 e. The molecule has 0 N–H and O–H groups in total. The van der Waals surface area contributed by atoms with Crippen molar-refractivity contribution < 1.29 is 25.8 Å². The van der Waals surface area contributed by atoms with Crippen LogP contribution in [-0.4, -0.2) is 20.5 Å². The van der Waals surface area contributed by atoms with Crippen molar-refractivity contribution >= 4 is 10.1 Å². The molecule has 1 aromatic heterocycles. The standard InChI is InChI=1S/C8H8F3NO3S/c1-15-16(13,14)5-6-3-2-4-7(12-6)8(9,10)11/h2-4H,5H2,1H3. The fourth-order valence-corrected chi connectivity index (χ4v) is 1.60. The van der Waals surface area contributed by atoms with Gasteiger partial charge in [0.15, 0.2) is 0 Å². The van der Waals surface area contributed by atoms with Gasteiger partial charge in [0.05, 0.1) is 12.8 Å². The van der Waals surface area contributed by atoms with Gasteiger partial charge in [0.25, 0.3) is 10.1 Å². The Balaban J connectivity index is 3.01. The van der Waals surface area contributed by atoms with Gasteiger partial charge >= 0.3 is 6.18 Å². The molecule has 0 radical (unpaired) electrons. The van der Waals surface area contributed by atoms with Gasteiger partial charge in [0, 0.05) is 0 Å². The number of nitrogens with zero attached hydrogens (tertiary/aromatic N) is 1. The van der Waals surface area contributed by atoms with Gasteiger partial charge in [-0.1, -0.05) is 6.07 Å². The lowest BCUT2D eigenvalue weighted by Crippen LogP contribution is -2.12. The van der Waals surface area contributed by atoms with Gasteiger partial charge in [0.2, 0.25) is 0 Å². The summed E-state index contributed by atoms with van der Waals surface area (Å²) in [6.07, 6.45) is -4.59. The Labute approximate surface area is 90.2 Å². The number of hydrogen-bond donors (Lipinski definition) is 0. The Morgan fingerprint density at radius 3 is 2.50 bits per heavy atom. The molecule has 0 spiro atoms. The summed E-state index contributed by atoms with van der Waals surface area (Å²) in [5, 5.41) is 0. The van der Waals surface area contributed by atoms with Crippen molar-refractivity contribution in [1.82, 2.24) is 4.98 Å². The van der Waals surface area contributed by atoms with Crippen LogP contribution in [0.2, 0.25) is 0 Å². The number of pyridine rings is 1. The van der Waals surface area contributed by atoms with E-state index < -0.39 is 27.7 Å². The Bertz CT molecular complexity index is 470. The van der Waals surface area contributed by atoms with Crippen molar-refractivity contribution in [3.05, 3.63) is 29.6 Å². The third-order valence-corrected chi connectivity index (χ3v) is 2.83. The first-order chi connectivity index (χ1) is 7.24. The van der Waals surface area contributed by atoms with Gasteiger partial charge in [-0.2, -0.15) is 21.6 Å². The second-order valence-electron chi connectivity index (χ2n) is 2.88. The molecule has 0 saturated carbocycles. The van der Waals surface area contributed by atoms with E-state index in [2.05, 4.69) is 9.17 Å². The van der Waals surface area contributed by atoms with Crippen molar-refractivity contribution in [3.63, 3.8) is 0 Å². The zero-order chi connectivity index (χ0) is 12.4. The van der Waals surface area contributed by atoms with Crippen molar-refractivity contribution in [1.29, 1.82) is 0 Å². The van der Waals surface area contributed by atoms with Crippen molar-refractivity contribution in [2.45, 2.75) is 11.9 Å². The molecule has 0 aliphatic heterocycles. The minimum atomic E-state index is -4.59. The van der Waals surface area contributed by atoms with E-state index >= 15 is 0 Å². The first kappa shape index (κ1) is 12.9. The van der Waals surface area contributed by atoms with E-state index in [9.17, 15) is 21.6 Å². The van der Waals surface area contributed by atoms with Gasteiger partial charge < -0.3 is 0 Å². The van der Waals surface area contributed by atoms with Crippen molar-refractivity contribution in [2.24, 2.45) is 0 Å². The molecule has 0 fully saturated rings. The van der Waals surface area contributed by atoms with E-state index in [1.54, 1.807) is 0 Å². The summed E-state index contributed by atoms with van der Waals surface area (Å²) in [6, 6.07) is 3.05. The van der Waals surface area contributed by atoms with Crippen LogP contribution in [-0.2, 0) is 26.2 Å². The third-order valence-electron chi connectivity index (χ3n) is 1.68. The molecule has 0 aliphatic rings. The maximum absolute atomic E-state index is 12.2. The largest absolute Gasteiger partial charge is 0.433 e. The number of aromatic nitrogens is 1. The molecule has 0 bridgehead atoms. The van der Waals surface area contributed by atoms with Crippen molar-refractivity contribution in [3.8, 4) is 0 Å². The van der Waals surface area contributed by atoms with Crippen molar-refractivity contribution in [2.75, 3.05) is 7.11 Å².